The molecule has 2 rings (SSSR count). The number of para-hydroxylation sites is 1. The number of methoxy groups -OCH3 is 1. The Morgan fingerprint density at radius 1 is 1.27 bits per heavy atom. The van der Waals surface area contributed by atoms with Gasteiger partial charge in [-0.2, -0.15) is 5.10 Å². The zero-order valence-corrected chi connectivity index (χ0v) is 12.6. The van der Waals surface area contributed by atoms with Crippen molar-refractivity contribution >= 4 is 17.6 Å². The van der Waals surface area contributed by atoms with Gasteiger partial charge in [0, 0.05) is 7.05 Å². The van der Waals surface area contributed by atoms with Gasteiger partial charge >= 0.3 is 5.97 Å². The Morgan fingerprint density at radius 3 is 2.59 bits per heavy atom. The van der Waals surface area contributed by atoms with Crippen LogP contribution >= 0.6 is 0 Å². The Hall–Kier alpha value is -2.83. The van der Waals surface area contributed by atoms with Gasteiger partial charge in [0.05, 0.1) is 18.5 Å². The number of benzene rings is 1. The molecule has 116 valence electrons. The molecule has 0 radical (unpaired) electrons. The van der Waals surface area contributed by atoms with Crippen LogP contribution in [0.4, 0.5) is 5.69 Å². The molecule has 1 N–H and O–H groups in total. The lowest BCUT2D eigenvalue weighted by molar-refractivity contribution is -0.118. The van der Waals surface area contributed by atoms with Gasteiger partial charge in [0.15, 0.2) is 12.3 Å². The monoisotopic (exact) mass is 303 g/mol. The first-order valence-electron chi connectivity index (χ1n) is 6.62. The highest BCUT2D eigenvalue weighted by atomic mass is 16.5. The Bertz CT molecular complexity index is 680. The van der Waals surface area contributed by atoms with Gasteiger partial charge in [0.25, 0.3) is 5.91 Å². The molecule has 0 atom stereocenters. The number of amides is 1. The quantitative estimate of drug-likeness (QED) is 0.847. The molecule has 0 bridgehead atoms. The van der Waals surface area contributed by atoms with Crippen molar-refractivity contribution in [2.24, 2.45) is 7.05 Å². The van der Waals surface area contributed by atoms with Gasteiger partial charge in [-0.05, 0) is 19.1 Å². The summed E-state index contributed by atoms with van der Waals surface area (Å²) in [5.74, 6) is -0.360. The number of aryl methyl sites for hydroxylation is 2. The molecule has 0 aliphatic heterocycles. The average Bonchev–Trinajstić information content (AvgIpc) is 2.79. The van der Waals surface area contributed by atoms with Crippen molar-refractivity contribution in [2.45, 2.75) is 6.92 Å². The third-order valence-electron chi connectivity index (χ3n) is 2.98. The van der Waals surface area contributed by atoms with Crippen LogP contribution in [0.5, 0.6) is 5.75 Å². The molecule has 0 aliphatic rings. The first kappa shape index (κ1) is 15.6. The first-order valence-corrected chi connectivity index (χ1v) is 6.62. The Balaban J connectivity index is 2.07. The normalized spacial score (nSPS) is 10.1. The maximum atomic E-state index is 12.0. The van der Waals surface area contributed by atoms with Crippen LogP contribution in [-0.4, -0.2) is 35.4 Å². The van der Waals surface area contributed by atoms with Crippen LogP contribution in [0.15, 0.2) is 30.3 Å². The number of aromatic nitrogens is 2. The second-order valence-corrected chi connectivity index (χ2v) is 4.57. The lowest BCUT2D eigenvalue weighted by Gasteiger charge is -2.08. The number of hydrogen-bond donors (Lipinski definition) is 1. The van der Waals surface area contributed by atoms with Gasteiger partial charge in [-0.25, -0.2) is 4.79 Å². The molecule has 0 unspecified atom stereocenters. The van der Waals surface area contributed by atoms with E-state index >= 15 is 0 Å². The van der Waals surface area contributed by atoms with Crippen LogP contribution in [0, 0.1) is 6.92 Å². The van der Waals surface area contributed by atoms with E-state index in [1.165, 1.54) is 11.8 Å². The molecule has 7 nitrogen and oxygen atoms in total. The SMILES string of the molecule is COC(=O)c1c(NC(=O)COc2ccccc2)c(C)nn1C. The highest BCUT2D eigenvalue weighted by molar-refractivity contribution is 6.01. The number of anilines is 1. The summed E-state index contributed by atoms with van der Waals surface area (Å²) in [7, 11) is 2.88. The number of rotatable bonds is 5. The van der Waals surface area contributed by atoms with Crippen LogP contribution in [-0.2, 0) is 16.6 Å². The summed E-state index contributed by atoms with van der Waals surface area (Å²) in [5.41, 5.74) is 1.04. The van der Waals surface area contributed by atoms with Gasteiger partial charge in [0.1, 0.15) is 5.75 Å². The highest BCUT2D eigenvalue weighted by Crippen LogP contribution is 2.20. The van der Waals surface area contributed by atoms with Crippen molar-refractivity contribution in [3.05, 3.63) is 41.7 Å². The summed E-state index contributed by atoms with van der Waals surface area (Å²) in [5, 5.41) is 6.75. The summed E-state index contributed by atoms with van der Waals surface area (Å²) in [6, 6.07) is 8.99. The second-order valence-electron chi connectivity index (χ2n) is 4.57. The fourth-order valence-electron chi connectivity index (χ4n) is 1.98. The van der Waals surface area contributed by atoms with Crippen molar-refractivity contribution in [3.8, 4) is 5.75 Å². The largest absolute Gasteiger partial charge is 0.484 e. The Labute approximate surface area is 127 Å². The molecule has 7 heteroatoms. The molecule has 22 heavy (non-hydrogen) atoms. The predicted octanol–water partition coefficient (Wildman–Crippen LogP) is 1.53. The van der Waals surface area contributed by atoms with E-state index in [2.05, 4.69) is 10.4 Å². The van der Waals surface area contributed by atoms with Crippen LogP contribution in [0.2, 0.25) is 0 Å². The third-order valence-corrected chi connectivity index (χ3v) is 2.98. The highest BCUT2D eigenvalue weighted by Gasteiger charge is 2.22. The lowest BCUT2D eigenvalue weighted by Crippen LogP contribution is -2.22. The van der Waals surface area contributed by atoms with Crippen molar-refractivity contribution < 1.29 is 19.1 Å². The number of nitrogens with zero attached hydrogens (tertiary/aromatic N) is 2. The zero-order chi connectivity index (χ0) is 16.1. The number of hydrogen-bond acceptors (Lipinski definition) is 5. The van der Waals surface area contributed by atoms with Crippen molar-refractivity contribution in [1.29, 1.82) is 0 Å². The van der Waals surface area contributed by atoms with Crippen molar-refractivity contribution in [2.75, 3.05) is 19.0 Å². The van der Waals surface area contributed by atoms with Gasteiger partial charge in [-0.1, -0.05) is 18.2 Å². The van der Waals surface area contributed by atoms with E-state index in [1.807, 2.05) is 18.2 Å². The minimum atomic E-state index is -0.567. The summed E-state index contributed by atoms with van der Waals surface area (Å²) < 4.78 is 11.4. The van der Waals surface area contributed by atoms with Gasteiger partial charge in [0.2, 0.25) is 0 Å². The Morgan fingerprint density at radius 2 is 1.95 bits per heavy atom. The minimum Gasteiger partial charge on any atom is -0.484 e. The molecule has 0 fully saturated rings. The van der Waals surface area contributed by atoms with Gasteiger partial charge < -0.3 is 14.8 Å². The zero-order valence-electron chi connectivity index (χ0n) is 12.6. The van der Waals surface area contributed by atoms with Crippen molar-refractivity contribution in [1.82, 2.24) is 9.78 Å². The maximum absolute atomic E-state index is 12.0. The summed E-state index contributed by atoms with van der Waals surface area (Å²) in [6.07, 6.45) is 0. The molecule has 1 amide bonds. The number of carbonyl (C=O) groups is 2. The number of nitrogens with one attached hydrogen (secondary N) is 1. The van der Waals surface area contributed by atoms with E-state index in [9.17, 15) is 9.59 Å². The molecule has 1 aromatic carbocycles. The van der Waals surface area contributed by atoms with Gasteiger partial charge in [-0.3, -0.25) is 9.48 Å². The van der Waals surface area contributed by atoms with Crippen molar-refractivity contribution in [3.63, 3.8) is 0 Å². The van der Waals surface area contributed by atoms with E-state index in [1.54, 1.807) is 26.1 Å². The van der Waals surface area contributed by atoms with Crippen LogP contribution in [0.1, 0.15) is 16.2 Å². The molecular formula is C15H17N3O4. The molecule has 1 heterocycles. The summed E-state index contributed by atoms with van der Waals surface area (Å²) >= 11 is 0. The molecule has 0 spiro atoms. The fourth-order valence-corrected chi connectivity index (χ4v) is 1.98. The fraction of sp³-hybridized carbons (Fsp3) is 0.267. The summed E-state index contributed by atoms with van der Waals surface area (Å²) in [6.45, 7) is 1.53. The molecule has 0 saturated carbocycles. The second kappa shape index (κ2) is 6.75. The van der Waals surface area contributed by atoms with E-state index in [4.69, 9.17) is 9.47 Å². The average molecular weight is 303 g/mol. The molecule has 0 aliphatic carbocycles. The molecule has 0 saturated heterocycles. The maximum Gasteiger partial charge on any atom is 0.358 e. The Kier molecular flexibility index (Phi) is 4.77. The first-order chi connectivity index (χ1) is 10.5. The molecular weight excluding hydrogens is 286 g/mol. The van der Waals surface area contributed by atoms with Crippen LogP contribution < -0.4 is 10.1 Å². The molecule has 1 aromatic heterocycles. The lowest BCUT2D eigenvalue weighted by atomic mass is 10.3. The summed E-state index contributed by atoms with van der Waals surface area (Å²) in [4.78, 5) is 23.7. The van der Waals surface area contributed by atoms with Crippen LogP contribution in [0.3, 0.4) is 0 Å². The van der Waals surface area contributed by atoms with E-state index < -0.39 is 5.97 Å². The van der Waals surface area contributed by atoms with E-state index in [0.717, 1.165) is 0 Å². The number of ether oxygens (including phenoxy) is 2. The van der Waals surface area contributed by atoms with Gasteiger partial charge in [-0.15, -0.1) is 0 Å². The van der Waals surface area contributed by atoms with E-state index in [-0.39, 0.29) is 18.2 Å². The van der Waals surface area contributed by atoms with E-state index in [0.29, 0.717) is 17.1 Å². The smallest absolute Gasteiger partial charge is 0.358 e. The number of esters is 1. The minimum absolute atomic E-state index is 0.168. The third kappa shape index (κ3) is 3.43. The predicted molar refractivity (Wildman–Crippen MR) is 79.9 cm³/mol. The standard InChI is InChI=1S/C15H17N3O4/c1-10-13(14(15(20)21-3)18(2)17-10)16-12(19)9-22-11-7-5-4-6-8-11/h4-8H,9H2,1-3H3,(H,16,19). The van der Waals surface area contributed by atoms with Crippen LogP contribution in [0.25, 0.3) is 0 Å². The topological polar surface area (TPSA) is 82.4 Å². The number of carbonyl (C=O) groups excluding carboxylic acids is 2. The molecule has 2 aromatic rings.